The first kappa shape index (κ1) is 22.7. The van der Waals surface area contributed by atoms with E-state index in [2.05, 4.69) is 15.3 Å². The summed E-state index contributed by atoms with van der Waals surface area (Å²) in [6.45, 7) is 2.28. The number of hydrogen-bond donors (Lipinski definition) is 1. The second-order valence-corrected chi connectivity index (χ2v) is 8.30. The van der Waals surface area contributed by atoms with E-state index in [-0.39, 0.29) is 12.3 Å². The van der Waals surface area contributed by atoms with Crippen LogP contribution in [0.15, 0.2) is 76.2 Å². The molecule has 3 heterocycles. The summed E-state index contributed by atoms with van der Waals surface area (Å²) in [7, 11) is 1.31. The van der Waals surface area contributed by atoms with Crippen molar-refractivity contribution in [3.05, 3.63) is 88.1 Å². The summed E-state index contributed by atoms with van der Waals surface area (Å²) in [6, 6.07) is 9.13. The van der Waals surface area contributed by atoms with Gasteiger partial charge in [-0.2, -0.15) is 0 Å². The molecule has 1 atom stereocenters. The van der Waals surface area contributed by atoms with E-state index in [1.165, 1.54) is 31.0 Å². The average Bonchev–Trinajstić information content (AvgIpc) is 3.23. The zero-order valence-electron chi connectivity index (χ0n) is 18.2. The number of carbonyl (C=O) groups is 2. The van der Waals surface area contributed by atoms with Crippen LogP contribution in [0.1, 0.15) is 36.9 Å². The molecule has 0 bridgehead atoms. The summed E-state index contributed by atoms with van der Waals surface area (Å²) < 4.78 is 19.2. The highest BCUT2D eigenvalue weighted by molar-refractivity contribution is 8.16. The van der Waals surface area contributed by atoms with Gasteiger partial charge in [-0.25, -0.2) is 14.2 Å². The van der Waals surface area contributed by atoms with E-state index in [1.807, 2.05) is 29.4 Å². The van der Waals surface area contributed by atoms with E-state index >= 15 is 0 Å². The number of esters is 1. The van der Waals surface area contributed by atoms with E-state index in [1.54, 1.807) is 24.5 Å². The lowest BCUT2D eigenvalue weighted by Gasteiger charge is -2.36. The van der Waals surface area contributed by atoms with Crippen molar-refractivity contribution < 1.29 is 18.7 Å². The van der Waals surface area contributed by atoms with Gasteiger partial charge in [0.2, 0.25) is 5.91 Å². The Morgan fingerprint density at radius 1 is 1.24 bits per heavy atom. The van der Waals surface area contributed by atoms with Crippen molar-refractivity contribution >= 4 is 28.8 Å². The van der Waals surface area contributed by atoms with Gasteiger partial charge >= 0.3 is 5.97 Å². The summed E-state index contributed by atoms with van der Waals surface area (Å²) in [6.07, 6.45) is 3.93. The maximum atomic E-state index is 14.2. The van der Waals surface area contributed by atoms with Gasteiger partial charge in [-0.1, -0.05) is 30.8 Å². The van der Waals surface area contributed by atoms with Crippen molar-refractivity contribution in [2.45, 2.75) is 32.4 Å². The van der Waals surface area contributed by atoms with E-state index in [9.17, 15) is 14.0 Å². The smallest absolute Gasteiger partial charge is 0.338 e. The number of ether oxygens (including phenoxy) is 1. The number of carbonyl (C=O) groups excluding carboxylic acids is 2. The molecule has 0 saturated heterocycles. The molecule has 2 aliphatic rings. The Labute approximate surface area is 195 Å². The van der Waals surface area contributed by atoms with Gasteiger partial charge in [-0.05, 0) is 47.2 Å². The first-order chi connectivity index (χ1) is 16.0. The van der Waals surface area contributed by atoms with Crippen molar-refractivity contribution in [3.63, 3.8) is 0 Å². The number of amides is 1. The lowest BCUT2D eigenvalue weighted by molar-refractivity contribution is -0.136. The number of methoxy groups -OCH3 is 1. The van der Waals surface area contributed by atoms with Crippen molar-refractivity contribution in [1.29, 1.82) is 0 Å². The molecule has 0 fully saturated rings. The number of benzene rings is 1. The molecule has 0 radical (unpaired) electrons. The number of halogens is 1. The number of hydrogen-bond acceptors (Lipinski definition) is 7. The third-order valence-electron chi connectivity index (χ3n) is 5.37. The molecule has 1 aromatic carbocycles. The fourth-order valence-corrected chi connectivity index (χ4v) is 4.77. The lowest BCUT2D eigenvalue weighted by Crippen LogP contribution is -2.38. The number of amidine groups is 1. The molecule has 2 aliphatic heterocycles. The Balaban J connectivity index is 1.64. The minimum absolute atomic E-state index is 0.0822. The van der Waals surface area contributed by atoms with Gasteiger partial charge in [-0.15, -0.1) is 0 Å². The molecule has 4 rings (SSSR count). The van der Waals surface area contributed by atoms with Gasteiger partial charge < -0.3 is 15.0 Å². The van der Waals surface area contributed by atoms with Crippen LogP contribution in [0.4, 0.5) is 4.39 Å². The number of nitrogens with one attached hydrogen (secondary N) is 1. The van der Waals surface area contributed by atoms with Crippen LogP contribution in [0.5, 0.6) is 0 Å². The number of fused-ring (bicyclic) bond motifs is 1. The number of rotatable bonds is 7. The third kappa shape index (κ3) is 4.83. The van der Waals surface area contributed by atoms with Crippen LogP contribution in [-0.4, -0.2) is 34.0 Å². The standard InChI is InChI=1S/C24H23FN4O3S/c1-3-19-21(23(31)32-2)22(16-5-4-6-17(25)11-16)29-18(14-33-24(29)28-19)12-20(30)27-13-15-7-9-26-10-8-15/h4-11,14,22H,3,12-13H2,1-2H3,(H,27,30)/t22-/m0/s1. The predicted molar refractivity (Wildman–Crippen MR) is 124 cm³/mol. The molecule has 0 spiro atoms. The summed E-state index contributed by atoms with van der Waals surface area (Å²) in [4.78, 5) is 36.0. The number of nitrogens with zero attached hydrogens (tertiary/aromatic N) is 3. The molecule has 2 aromatic rings. The Bertz CT molecular complexity index is 1160. The molecule has 0 unspecified atom stereocenters. The highest BCUT2D eigenvalue weighted by atomic mass is 32.2. The lowest BCUT2D eigenvalue weighted by atomic mass is 9.93. The molecule has 0 aliphatic carbocycles. The molecule has 7 nitrogen and oxygen atoms in total. The average molecular weight is 467 g/mol. The van der Waals surface area contributed by atoms with Crippen LogP contribution in [0, 0.1) is 5.82 Å². The number of thioether (sulfide) groups is 1. The molecule has 0 saturated carbocycles. The van der Waals surface area contributed by atoms with Crippen LogP contribution in [0.2, 0.25) is 0 Å². The largest absolute Gasteiger partial charge is 0.466 e. The number of allylic oxidation sites excluding steroid dienone is 1. The second-order valence-electron chi connectivity index (χ2n) is 7.46. The van der Waals surface area contributed by atoms with E-state index < -0.39 is 17.8 Å². The molecule has 1 aromatic heterocycles. The third-order valence-corrected chi connectivity index (χ3v) is 6.26. The SMILES string of the molecule is CCC1=C(C(=O)OC)[C@H](c2cccc(F)c2)N2C(CC(=O)NCc3ccncc3)=CSC2=N1. The summed E-state index contributed by atoms with van der Waals surface area (Å²) in [5.41, 5.74) is 3.14. The highest BCUT2D eigenvalue weighted by Crippen LogP contribution is 2.45. The van der Waals surface area contributed by atoms with Gasteiger partial charge in [0.25, 0.3) is 0 Å². The van der Waals surface area contributed by atoms with Crippen molar-refractivity contribution in [3.8, 4) is 0 Å². The first-order valence-electron chi connectivity index (χ1n) is 10.5. The summed E-state index contributed by atoms with van der Waals surface area (Å²) in [5.74, 6) is -1.11. The molecule has 170 valence electrons. The second kappa shape index (κ2) is 9.99. The summed E-state index contributed by atoms with van der Waals surface area (Å²) >= 11 is 1.38. The van der Waals surface area contributed by atoms with Crippen LogP contribution in [-0.2, 0) is 20.9 Å². The molecule has 1 N–H and O–H groups in total. The molecular formula is C24H23FN4O3S. The Morgan fingerprint density at radius 3 is 2.73 bits per heavy atom. The molecule has 9 heteroatoms. The Hall–Kier alpha value is -3.46. The van der Waals surface area contributed by atoms with Crippen LogP contribution < -0.4 is 5.32 Å². The Kier molecular flexibility index (Phi) is 6.88. The van der Waals surface area contributed by atoms with Gasteiger partial charge in [0.05, 0.1) is 30.8 Å². The fraction of sp³-hybridized carbons (Fsp3) is 0.250. The number of pyridine rings is 1. The number of aliphatic imine (C=N–C) groups is 1. The molecule has 33 heavy (non-hydrogen) atoms. The zero-order valence-corrected chi connectivity index (χ0v) is 19.1. The zero-order chi connectivity index (χ0) is 23.4. The predicted octanol–water partition coefficient (Wildman–Crippen LogP) is 4.07. The minimum Gasteiger partial charge on any atom is -0.466 e. The monoisotopic (exact) mass is 466 g/mol. The van der Waals surface area contributed by atoms with Gasteiger partial charge in [-0.3, -0.25) is 9.78 Å². The van der Waals surface area contributed by atoms with Gasteiger partial charge in [0.1, 0.15) is 5.82 Å². The quantitative estimate of drug-likeness (QED) is 0.620. The minimum atomic E-state index is -0.648. The Morgan fingerprint density at radius 2 is 2.03 bits per heavy atom. The van der Waals surface area contributed by atoms with Gasteiger partial charge in [0.15, 0.2) is 5.17 Å². The maximum Gasteiger partial charge on any atom is 0.338 e. The van der Waals surface area contributed by atoms with Crippen molar-refractivity contribution in [2.24, 2.45) is 4.99 Å². The first-order valence-corrected chi connectivity index (χ1v) is 11.4. The van der Waals surface area contributed by atoms with E-state index in [4.69, 9.17) is 4.74 Å². The summed E-state index contributed by atoms with van der Waals surface area (Å²) in [5, 5.41) is 5.40. The maximum absolute atomic E-state index is 14.2. The molecule has 1 amide bonds. The number of aromatic nitrogens is 1. The topological polar surface area (TPSA) is 83.9 Å². The van der Waals surface area contributed by atoms with Crippen LogP contribution >= 0.6 is 11.8 Å². The van der Waals surface area contributed by atoms with E-state index in [0.29, 0.717) is 40.7 Å². The highest BCUT2D eigenvalue weighted by Gasteiger charge is 2.41. The van der Waals surface area contributed by atoms with Crippen LogP contribution in [0.3, 0.4) is 0 Å². The van der Waals surface area contributed by atoms with Crippen molar-refractivity contribution in [1.82, 2.24) is 15.2 Å². The van der Waals surface area contributed by atoms with Crippen LogP contribution in [0.25, 0.3) is 0 Å². The van der Waals surface area contributed by atoms with E-state index in [0.717, 1.165) is 5.56 Å². The van der Waals surface area contributed by atoms with Gasteiger partial charge in [0, 0.05) is 24.6 Å². The fourth-order valence-electron chi connectivity index (χ4n) is 3.83. The molecular weight excluding hydrogens is 443 g/mol. The normalized spacial score (nSPS) is 17.3. The van der Waals surface area contributed by atoms with Crippen molar-refractivity contribution in [2.75, 3.05) is 7.11 Å².